The molecule has 0 heterocycles. The van der Waals surface area contributed by atoms with Crippen LogP contribution in [0.25, 0.3) is 0 Å². The van der Waals surface area contributed by atoms with Crippen LogP contribution in [-0.4, -0.2) is 36.8 Å². The van der Waals surface area contributed by atoms with Gasteiger partial charge in [-0.05, 0) is 40.2 Å². The quantitative estimate of drug-likeness (QED) is 0.433. The van der Waals surface area contributed by atoms with Crippen molar-refractivity contribution < 1.29 is 19.4 Å². The summed E-state index contributed by atoms with van der Waals surface area (Å²) in [7, 11) is 1.46. The van der Waals surface area contributed by atoms with Crippen molar-refractivity contribution in [2.75, 3.05) is 13.7 Å². The summed E-state index contributed by atoms with van der Waals surface area (Å²) in [6.07, 6.45) is 1.30. The zero-order chi connectivity index (χ0) is 19.1. The third-order valence-corrected chi connectivity index (χ3v) is 4.27. The number of nitrogens with one attached hydrogen (secondary N) is 2. The first kappa shape index (κ1) is 19.9. The lowest BCUT2D eigenvalue weighted by Gasteiger charge is -2.08. The Kier molecular flexibility index (Phi) is 7.16. The number of carbonyl (C=O) groups excluding carboxylic acids is 2. The Morgan fingerprint density at radius 2 is 2.00 bits per heavy atom. The van der Waals surface area contributed by atoms with Gasteiger partial charge in [-0.1, -0.05) is 28.1 Å². The molecule has 0 saturated heterocycles. The normalized spacial score (nSPS) is 10.6. The van der Waals surface area contributed by atoms with E-state index in [1.165, 1.54) is 13.3 Å². The van der Waals surface area contributed by atoms with E-state index < -0.39 is 11.8 Å². The number of nitrogens with zero attached hydrogens (tertiary/aromatic N) is 1. The van der Waals surface area contributed by atoms with Gasteiger partial charge in [0.15, 0.2) is 0 Å². The molecule has 9 heteroatoms. The van der Waals surface area contributed by atoms with Crippen LogP contribution in [0.15, 0.2) is 50.4 Å². The molecule has 0 radical (unpaired) electrons. The minimum Gasteiger partial charge on any atom is -0.506 e. The number of halogens is 2. The van der Waals surface area contributed by atoms with Crippen molar-refractivity contribution in [2.24, 2.45) is 5.10 Å². The number of para-hydroxylation sites is 1. The monoisotopic (exact) mass is 483 g/mol. The number of ether oxygens (including phenoxy) is 1. The fourth-order valence-electron chi connectivity index (χ4n) is 1.99. The van der Waals surface area contributed by atoms with E-state index in [0.717, 1.165) is 4.47 Å². The minimum atomic E-state index is -0.516. The summed E-state index contributed by atoms with van der Waals surface area (Å²) in [5, 5.41) is 16.1. The van der Waals surface area contributed by atoms with Crippen LogP contribution in [0.2, 0.25) is 0 Å². The van der Waals surface area contributed by atoms with Gasteiger partial charge in [-0.15, -0.1) is 0 Å². The molecule has 0 aliphatic carbocycles. The van der Waals surface area contributed by atoms with Gasteiger partial charge in [0.1, 0.15) is 11.5 Å². The molecule has 0 spiro atoms. The number of aromatic hydroxyl groups is 1. The predicted octanol–water partition coefficient (Wildman–Crippen LogP) is 2.81. The molecule has 0 atom stereocenters. The zero-order valence-electron chi connectivity index (χ0n) is 13.6. The lowest BCUT2D eigenvalue weighted by molar-refractivity contribution is -0.120. The van der Waals surface area contributed by atoms with E-state index in [2.05, 4.69) is 47.7 Å². The number of hydrazone groups is 1. The van der Waals surface area contributed by atoms with Crippen molar-refractivity contribution >= 4 is 49.9 Å². The second-order valence-corrected chi connectivity index (χ2v) is 6.77. The van der Waals surface area contributed by atoms with E-state index in [1.807, 2.05) is 0 Å². The maximum Gasteiger partial charge on any atom is 0.259 e. The highest BCUT2D eigenvalue weighted by atomic mass is 79.9. The summed E-state index contributed by atoms with van der Waals surface area (Å²) in [5.41, 5.74) is 3.01. The molecule has 2 aromatic rings. The Morgan fingerprint density at radius 3 is 2.73 bits per heavy atom. The van der Waals surface area contributed by atoms with Crippen LogP contribution in [0.4, 0.5) is 0 Å². The second-order valence-electron chi connectivity index (χ2n) is 5.00. The summed E-state index contributed by atoms with van der Waals surface area (Å²) < 4.78 is 6.33. The maximum absolute atomic E-state index is 12.1. The number of benzene rings is 2. The maximum atomic E-state index is 12.1. The largest absolute Gasteiger partial charge is 0.506 e. The number of hydrogen-bond acceptors (Lipinski definition) is 5. The molecule has 0 unspecified atom stereocenters. The number of rotatable bonds is 6. The Hall–Kier alpha value is -2.39. The average Bonchev–Trinajstić information content (AvgIpc) is 2.63. The number of carbonyl (C=O) groups is 2. The van der Waals surface area contributed by atoms with Crippen molar-refractivity contribution in [3.05, 3.63) is 56.5 Å². The molecule has 7 nitrogen and oxygen atoms in total. The Morgan fingerprint density at radius 1 is 1.27 bits per heavy atom. The van der Waals surface area contributed by atoms with Crippen LogP contribution < -0.4 is 15.5 Å². The molecule has 0 aromatic heterocycles. The van der Waals surface area contributed by atoms with E-state index in [1.54, 1.807) is 36.4 Å². The Balaban J connectivity index is 1.90. The highest BCUT2D eigenvalue weighted by Gasteiger charge is 2.12. The zero-order valence-corrected chi connectivity index (χ0v) is 16.8. The third kappa shape index (κ3) is 5.30. The second kappa shape index (κ2) is 9.35. The van der Waals surface area contributed by atoms with E-state index in [0.29, 0.717) is 21.3 Å². The van der Waals surface area contributed by atoms with E-state index in [9.17, 15) is 14.7 Å². The van der Waals surface area contributed by atoms with Gasteiger partial charge < -0.3 is 15.2 Å². The van der Waals surface area contributed by atoms with Gasteiger partial charge in [-0.3, -0.25) is 9.59 Å². The molecule has 26 heavy (non-hydrogen) atoms. The molecule has 0 saturated carbocycles. The van der Waals surface area contributed by atoms with E-state index in [4.69, 9.17) is 4.74 Å². The fourth-order valence-corrected chi connectivity index (χ4v) is 3.24. The molecular formula is C17H15Br2N3O4. The van der Waals surface area contributed by atoms with Gasteiger partial charge in [0.2, 0.25) is 0 Å². The minimum absolute atomic E-state index is 0.00401. The van der Waals surface area contributed by atoms with Gasteiger partial charge >= 0.3 is 0 Å². The SMILES string of the molecule is COc1ccccc1C(=O)NCC(=O)N/N=C\c1cc(Br)cc(Br)c1O. The standard InChI is InChI=1S/C17H15Br2N3O4/c1-26-14-5-3-2-4-12(14)17(25)20-9-15(23)22-21-8-10-6-11(18)7-13(19)16(10)24/h2-8,24H,9H2,1H3,(H,20,25)(H,22,23)/b21-8-. The molecular weight excluding hydrogens is 470 g/mol. The number of methoxy groups -OCH3 is 1. The summed E-state index contributed by atoms with van der Waals surface area (Å²) >= 11 is 6.50. The first-order chi connectivity index (χ1) is 12.4. The van der Waals surface area contributed by atoms with Gasteiger partial charge in [0, 0.05) is 10.0 Å². The highest BCUT2D eigenvalue weighted by molar-refractivity contribution is 9.11. The Bertz CT molecular complexity index is 856. The van der Waals surface area contributed by atoms with Crippen molar-refractivity contribution in [1.82, 2.24) is 10.7 Å². The van der Waals surface area contributed by atoms with Gasteiger partial charge in [-0.2, -0.15) is 5.10 Å². The van der Waals surface area contributed by atoms with Crippen LogP contribution in [0, 0.1) is 0 Å². The number of amides is 2. The summed E-state index contributed by atoms with van der Waals surface area (Å²) in [6.45, 7) is -0.262. The smallest absolute Gasteiger partial charge is 0.259 e. The molecule has 2 rings (SSSR count). The van der Waals surface area contributed by atoms with Gasteiger partial charge in [0.25, 0.3) is 11.8 Å². The van der Waals surface area contributed by atoms with Crippen molar-refractivity contribution in [2.45, 2.75) is 0 Å². The molecule has 0 bridgehead atoms. The molecule has 136 valence electrons. The van der Waals surface area contributed by atoms with Crippen molar-refractivity contribution in [1.29, 1.82) is 0 Å². The summed E-state index contributed by atoms with van der Waals surface area (Å²) in [5.74, 6) is -0.539. The van der Waals surface area contributed by atoms with Crippen LogP contribution in [-0.2, 0) is 4.79 Å². The number of hydrogen-bond donors (Lipinski definition) is 3. The first-order valence-electron chi connectivity index (χ1n) is 7.33. The first-order valence-corrected chi connectivity index (χ1v) is 8.92. The molecule has 3 N–H and O–H groups in total. The molecule has 2 aromatic carbocycles. The van der Waals surface area contributed by atoms with E-state index >= 15 is 0 Å². The highest BCUT2D eigenvalue weighted by Crippen LogP contribution is 2.30. The van der Waals surface area contributed by atoms with Crippen molar-refractivity contribution in [3.8, 4) is 11.5 Å². The van der Waals surface area contributed by atoms with Gasteiger partial charge in [0.05, 0.1) is 29.9 Å². The predicted molar refractivity (Wildman–Crippen MR) is 105 cm³/mol. The third-order valence-electron chi connectivity index (χ3n) is 3.21. The summed E-state index contributed by atoms with van der Waals surface area (Å²) in [4.78, 5) is 23.9. The van der Waals surface area contributed by atoms with Crippen LogP contribution >= 0.6 is 31.9 Å². The van der Waals surface area contributed by atoms with Crippen LogP contribution in [0.5, 0.6) is 11.5 Å². The van der Waals surface area contributed by atoms with Gasteiger partial charge in [-0.25, -0.2) is 5.43 Å². The lowest BCUT2D eigenvalue weighted by atomic mass is 10.2. The molecule has 2 amide bonds. The Labute approximate surface area is 166 Å². The van der Waals surface area contributed by atoms with Crippen LogP contribution in [0.1, 0.15) is 15.9 Å². The molecule has 0 fully saturated rings. The molecule has 0 aliphatic rings. The van der Waals surface area contributed by atoms with E-state index in [-0.39, 0.29) is 12.3 Å². The average molecular weight is 485 g/mol. The van der Waals surface area contributed by atoms with Crippen LogP contribution in [0.3, 0.4) is 0 Å². The number of phenolic OH excluding ortho intramolecular Hbond substituents is 1. The fraction of sp³-hybridized carbons (Fsp3) is 0.118. The van der Waals surface area contributed by atoms with Crippen molar-refractivity contribution in [3.63, 3.8) is 0 Å². The summed E-state index contributed by atoms with van der Waals surface area (Å²) in [6, 6.07) is 10.0. The topological polar surface area (TPSA) is 100 Å². The lowest BCUT2D eigenvalue weighted by Crippen LogP contribution is -2.35. The number of phenols is 1. The molecule has 0 aliphatic heterocycles.